The fourth-order valence-corrected chi connectivity index (χ4v) is 2.77. The maximum atomic E-state index is 3.49. The Morgan fingerprint density at radius 1 is 1.42 bits per heavy atom. The molecule has 1 saturated carbocycles. The molecule has 3 rings (SSSR count). The van der Waals surface area contributed by atoms with Crippen LogP contribution in [0.1, 0.15) is 19.3 Å². The molecule has 1 heterocycles. The van der Waals surface area contributed by atoms with Gasteiger partial charge in [-0.25, -0.2) is 0 Å². The molecule has 1 N–H and O–H groups in total. The van der Waals surface area contributed by atoms with Crippen LogP contribution in [0.4, 0.5) is 0 Å². The minimum absolute atomic E-state index is 0.594. The number of rotatable bonds is 1. The quantitative estimate of drug-likeness (QED) is 0.619. The Hall–Kier alpha value is -0.560. The maximum Gasteiger partial charge on any atom is 0.0118 e. The molecule has 12 heavy (non-hydrogen) atoms. The number of hydrogen-bond donors (Lipinski definition) is 1. The van der Waals surface area contributed by atoms with Gasteiger partial charge in [-0.1, -0.05) is 18.2 Å². The van der Waals surface area contributed by atoms with Crippen molar-refractivity contribution < 1.29 is 0 Å². The largest absolute Gasteiger partial charge is 0.316 e. The zero-order valence-corrected chi connectivity index (χ0v) is 7.34. The van der Waals surface area contributed by atoms with Gasteiger partial charge < -0.3 is 5.32 Å². The third-order valence-electron chi connectivity index (χ3n) is 3.63. The first-order valence-electron chi connectivity index (χ1n) is 5.00. The van der Waals surface area contributed by atoms with Crippen LogP contribution in [0.3, 0.4) is 0 Å². The van der Waals surface area contributed by atoms with E-state index in [9.17, 15) is 0 Å². The zero-order chi connectivity index (χ0) is 8.02. The molecule has 0 aromatic heterocycles. The van der Waals surface area contributed by atoms with Crippen LogP contribution < -0.4 is 5.32 Å². The van der Waals surface area contributed by atoms with Gasteiger partial charge >= 0.3 is 0 Å². The third-order valence-corrected chi connectivity index (χ3v) is 3.63. The molecule has 0 aromatic carbocycles. The molecule has 0 radical (unpaired) electrons. The van der Waals surface area contributed by atoms with E-state index in [1.54, 1.807) is 5.57 Å². The van der Waals surface area contributed by atoms with Crippen LogP contribution in [0.2, 0.25) is 0 Å². The van der Waals surface area contributed by atoms with E-state index in [0.717, 1.165) is 5.92 Å². The Labute approximate surface area is 73.5 Å². The summed E-state index contributed by atoms with van der Waals surface area (Å²) in [5, 5.41) is 3.49. The first kappa shape index (κ1) is 6.90. The average molecular weight is 161 g/mol. The molecule has 0 aromatic rings. The SMILES string of the molecule is C1=CC(C23CNCC2C3)=CCC1. The summed E-state index contributed by atoms with van der Waals surface area (Å²) in [5.74, 6) is 0.964. The van der Waals surface area contributed by atoms with Gasteiger partial charge in [0.1, 0.15) is 0 Å². The standard InChI is InChI=1S/C11H15N/c1-2-4-9(5-3-1)11-6-10(11)7-12-8-11/h2,4-5,10,12H,1,3,6-8H2. The second-order valence-corrected chi connectivity index (χ2v) is 4.33. The van der Waals surface area contributed by atoms with Crippen molar-refractivity contribution in [3.8, 4) is 0 Å². The highest BCUT2D eigenvalue weighted by atomic mass is 15.0. The number of fused-ring (bicyclic) bond motifs is 1. The lowest BCUT2D eigenvalue weighted by Gasteiger charge is -2.15. The molecule has 2 aliphatic carbocycles. The van der Waals surface area contributed by atoms with Crippen LogP contribution in [-0.4, -0.2) is 13.1 Å². The highest BCUT2D eigenvalue weighted by molar-refractivity contribution is 5.38. The molecule has 2 unspecified atom stereocenters. The van der Waals surface area contributed by atoms with E-state index in [-0.39, 0.29) is 0 Å². The summed E-state index contributed by atoms with van der Waals surface area (Å²) in [5.41, 5.74) is 2.22. The minimum Gasteiger partial charge on any atom is -0.316 e. The Balaban J connectivity index is 1.89. The zero-order valence-electron chi connectivity index (χ0n) is 7.34. The second-order valence-electron chi connectivity index (χ2n) is 4.33. The molecule has 0 spiro atoms. The van der Waals surface area contributed by atoms with Crippen molar-refractivity contribution >= 4 is 0 Å². The molecule has 1 aliphatic heterocycles. The van der Waals surface area contributed by atoms with Gasteiger partial charge in [0.15, 0.2) is 0 Å². The fourth-order valence-electron chi connectivity index (χ4n) is 2.77. The summed E-state index contributed by atoms with van der Waals surface area (Å²) in [4.78, 5) is 0. The lowest BCUT2D eigenvalue weighted by Crippen LogP contribution is -2.17. The number of piperidine rings is 1. The van der Waals surface area contributed by atoms with Crippen molar-refractivity contribution in [2.75, 3.05) is 13.1 Å². The lowest BCUT2D eigenvalue weighted by molar-refractivity contribution is 0.614. The Bertz CT molecular complexity index is 264. The summed E-state index contributed by atoms with van der Waals surface area (Å²) in [7, 11) is 0. The molecule has 1 heteroatoms. The molecule has 2 fully saturated rings. The van der Waals surface area contributed by atoms with E-state index in [1.165, 1.54) is 32.4 Å². The second kappa shape index (κ2) is 2.23. The summed E-state index contributed by atoms with van der Waals surface area (Å²) in [6.07, 6.45) is 11.1. The topological polar surface area (TPSA) is 12.0 Å². The molecule has 3 aliphatic rings. The van der Waals surface area contributed by atoms with E-state index in [4.69, 9.17) is 0 Å². The van der Waals surface area contributed by atoms with Crippen LogP contribution >= 0.6 is 0 Å². The molecule has 1 saturated heterocycles. The van der Waals surface area contributed by atoms with Gasteiger partial charge in [0.05, 0.1) is 0 Å². The van der Waals surface area contributed by atoms with Crippen LogP contribution in [0.15, 0.2) is 23.8 Å². The third kappa shape index (κ3) is 0.776. The monoisotopic (exact) mass is 161 g/mol. The van der Waals surface area contributed by atoms with Gasteiger partial charge in [-0.3, -0.25) is 0 Å². The van der Waals surface area contributed by atoms with E-state index < -0.39 is 0 Å². The molecule has 1 nitrogen and oxygen atoms in total. The van der Waals surface area contributed by atoms with Crippen molar-refractivity contribution in [3.63, 3.8) is 0 Å². The van der Waals surface area contributed by atoms with E-state index in [0.29, 0.717) is 5.41 Å². The Morgan fingerprint density at radius 3 is 3.00 bits per heavy atom. The van der Waals surface area contributed by atoms with Crippen LogP contribution in [0.25, 0.3) is 0 Å². The fraction of sp³-hybridized carbons (Fsp3) is 0.636. The molecular formula is C11H15N. The van der Waals surface area contributed by atoms with Crippen molar-refractivity contribution in [3.05, 3.63) is 23.8 Å². The molecule has 64 valence electrons. The van der Waals surface area contributed by atoms with Gasteiger partial charge in [-0.2, -0.15) is 0 Å². The predicted octanol–water partition coefficient (Wildman–Crippen LogP) is 1.87. The van der Waals surface area contributed by atoms with Crippen LogP contribution in [-0.2, 0) is 0 Å². The maximum absolute atomic E-state index is 3.49. The summed E-state index contributed by atoms with van der Waals surface area (Å²) in [6.45, 7) is 2.49. The van der Waals surface area contributed by atoms with Gasteiger partial charge in [0.25, 0.3) is 0 Å². The van der Waals surface area contributed by atoms with Gasteiger partial charge in [0, 0.05) is 12.0 Å². The average Bonchev–Trinajstić information content (AvgIpc) is 2.72. The smallest absolute Gasteiger partial charge is 0.0118 e. The predicted molar refractivity (Wildman–Crippen MR) is 49.9 cm³/mol. The molecular weight excluding hydrogens is 146 g/mol. The molecule has 0 bridgehead atoms. The first-order chi connectivity index (χ1) is 5.92. The number of hydrogen-bond acceptors (Lipinski definition) is 1. The normalized spacial score (nSPS) is 44.0. The van der Waals surface area contributed by atoms with Crippen molar-refractivity contribution in [1.82, 2.24) is 5.32 Å². The van der Waals surface area contributed by atoms with Crippen molar-refractivity contribution in [1.29, 1.82) is 0 Å². The van der Waals surface area contributed by atoms with Crippen molar-refractivity contribution in [2.45, 2.75) is 19.3 Å². The van der Waals surface area contributed by atoms with E-state index in [1.807, 2.05) is 0 Å². The Morgan fingerprint density at radius 2 is 2.42 bits per heavy atom. The summed E-state index contributed by atoms with van der Waals surface area (Å²) < 4.78 is 0. The van der Waals surface area contributed by atoms with Crippen LogP contribution in [0.5, 0.6) is 0 Å². The van der Waals surface area contributed by atoms with Gasteiger partial charge in [-0.15, -0.1) is 0 Å². The lowest BCUT2D eigenvalue weighted by atomic mass is 9.90. The number of allylic oxidation sites excluding steroid dienone is 3. The first-order valence-corrected chi connectivity index (χ1v) is 5.00. The number of nitrogens with one attached hydrogen (secondary N) is 1. The Kier molecular flexibility index (Phi) is 1.28. The minimum atomic E-state index is 0.594. The van der Waals surface area contributed by atoms with Crippen LogP contribution in [0, 0.1) is 11.3 Å². The summed E-state index contributed by atoms with van der Waals surface area (Å²) in [6, 6.07) is 0. The summed E-state index contributed by atoms with van der Waals surface area (Å²) >= 11 is 0. The van der Waals surface area contributed by atoms with E-state index in [2.05, 4.69) is 23.5 Å². The highest BCUT2D eigenvalue weighted by Crippen LogP contribution is 2.60. The van der Waals surface area contributed by atoms with Gasteiger partial charge in [0.2, 0.25) is 0 Å². The molecule has 0 amide bonds. The van der Waals surface area contributed by atoms with Crippen molar-refractivity contribution in [2.24, 2.45) is 11.3 Å². The van der Waals surface area contributed by atoms with Gasteiger partial charge in [-0.05, 0) is 37.3 Å². The highest BCUT2D eigenvalue weighted by Gasteiger charge is 2.58. The molecule has 2 atom stereocenters. The van der Waals surface area contributed by atoms with E-state index >= 15 is 0 Å².